The predicted octanol–water partition coefficient (Wildman–Crippen LogP) is 0.551. The van der Waals surface area contributed by atoms with E-state index in [9.17, 15) is 4.79 Å². The third-order valence-corrected chi connectivity index (χ3v) is 2.95. The van der Waals surface area contributed by atoms with Gasteiger partial charge in [0, 0.05) is 12.5 Å². The summed E-state index contributed by atoms with van der Waals surface area (Å²) in [6, 6.07) is 0. The van der Waals surface area contributed by atoms with Crippen molar-refractivity contribution in [2.45, 2.75) is 13.3 Å². The van der Waals surface area contributed by atoms with E-state index in [0.717, 1.165) is 19.5 Å². The number of amides is 1. The Labute approximate surface area is 97.4 Å². The molecule has 0 aromatic rings. The minimum atomic E-state index is 0.106. The van der Waals surface area contributed by atoms with Gasteiger partial charge in [-0.1, -0.05) is 13.0 Å². The van der Waals surface area contributed by atoms with E-state index in [2.05, 4.69) is 17.2 Å². The largest absolute Gasteiger partial charge is 0.379 e. The van der Waals surface area contributed by atoms with Crippen molar-refractivity contribution >= 4 is 5.91 Å². The van der Waals surface area contributed by atoms with Crippen molar-refractivity contribution in [3.8, 4) is 0 Å². The maximum atomic E-state index is 11.7. The van der Waals surface area contributed by atoms with Gasteiger partial charge in [0.2, 0.25) is 5.91 Å². The van der Waals surface area contributed by atoms with Crippen molar-refractivity contribution in [2.24, 2.45) is 11.8 Å². The normalized spacial score (nSPS) is 17.6. The highest BCUT2D eigenvalue weighted by molar-refractivity contribution is 5.78. The number of nitrogens with one attached hydrogen (secondary N) is 2. The van der Waals surface area contributed by atoms with Gasteiger partial charge in [-0.3, -0.25) is 4.79 Å². The molecular formula is C12H22N2O2. The van der Waals surface area contributed by atoms with Crippen LogP contribution >= 0.6 is 0 Å². The molecule has 1 unspecified atom stereocenters. The van der Waals surface area contributed by atoms with E-state index in [-0.39, 0.29) is 11.8 Å². The van der Waals surface area contributed by atoms with E-state index in [1.165, 1.54) is 0 Å². The molecule has 2 N–H and O–H groups in total. The summed E-state index contributed by atoms with van der Waals surface area (Å²) in [5.74, 6) is 0.745. The van der Waals surface area contributed by atoms with Gasteiger partial charge in [-0.2, -0.15) is 0 Å². The lowest BCUT2D eigenvalue weighted by atomic mass is 9.88. The Morgan fingerprint density at radius 2 is 2.38 bits per heavy atom. The van der Waals surface area contributed by atoms with Crippen LogP contribution in [0.5, 0.6) is 0 Å². The quantitative estimate of drug-likeness (QED) is 0.469. The van der Waals surface area contributed by atoms with Crippen LogP contribution in [-0.2, 0) is 9.53 Å². The summed E-state index contributed by atoms with van der Waals surface area (Å²) in [6.45, 7) is 9.38. The van der Waals surface area contributed by atoms with E-state index in [1.807, 2.05) is 13.0 Å². The van der Waals surface area contributed by atoms with Crippen LogP contribution in [-0.4, -0.2) is 38.8 Å². The molecule has 4 heteroatoms. The van der Waals surface area contributed by atoms with Crippen molar-refractivity contribution in [1.82, 2.24) is 10.6 Å². The summed E-state index contributed by atoms with van der Waals surface area (Å²) >= 11 is 0. The first-order chi connectivity index (χ1) is 7.75. The molecule has 92 valence electrons. The predicted molar refractivity (Wildman–Crippen MR) is 64.2 cm³/mol. The molecule has 1 atom stereocenters. The van der Waals surface area contributed by atoms with Gasteiger partial charge in [-0.25, -0.2) is 0 Å². The van der Waals surface area contributed by atoms with Gasteiger partial charge in [0.05, 0.1) is 13.2 Å². The fourth-order valence-corrected chi connectivity index (χ4v) is 1.55. The second-order valence-electron chi connectivity index (χ2n) is 4.19. The average molecular weight is 226 g/mol. The average Bonchev–Trinajstić information content (AvgIpc) is 2.20. The lowest BCUT2D eigenvalue weighted by Gasteiger charge is -2.31. The topological polar surface area (TPSA) is 50.4 Å². The number of ether oxygens (including phenoxy) is 1. The van der Waals surface area contributed by atoms with Gasteiger partial charge < -0.3 is 15.4 Å². The zero-order valence-electron chi connectivity index (χ0n) is 10.00. The molecule has 1 heterocycles. The smallest absolute Gasteiger partial charge is 0.223 e. The Balaban J connectivity index is 1.98. The summed E-state index contributed by atoms with van der Waals surface area (Å²) < 4.78 is 5.31. The fourth-order valence-electron chi connectivity index (χ4n) is 1.55. The van der Waals surface area contributed by atoms with Crippen molar-refractivity contribution in [3.63, 3.8) is 0 Å². The molecule has 0 saturated carbocycles. The monoisotopic (exact) mass is 226 g/mol. The molecule has 1 aliphatic heterocycles. The van der Waals surface area contributed by atoms with E-state index < -0.39 is 0 Å². The lowest BCUT2D eigenvalue weighted by Crippen LogP contribution is -2.49. The molecule has 16 heavy (non-hydrogen) atoms. The first-order valence-corrected chi connectivity index (χ1v) is 5.92. The Bertz CT molecular complexity index is 227. The first-order valence-electron chi connectivity index (χ1n) is 5.92. The molecule has 4 nitrogen and oxygen atoms in total. The molecule has 1 rings (SSSR count). The summed E-state index contributed by atoms with van der Waals surface area (Å²) in [4.78, 5) is 11.7. The SMILES string of the molecule is C=CCCOCCNC(=O)C(C)C1CNC1. The summed E-state index contributed by atoms with van der Waals surface area (Å²) in [7, 11) is 0. The summed E-state index contributed by atoms with van der Waals surface area (Å²) in [5, 5.41) is 6.06. The fraction of sp³-hybridized carbons (Fsp3) is 0.750. The van der Waals surface area contributed by atoms with Gasteiger partial charge in [-0.05, 0) is 25.4 Å². The maximum Gasteiger partial charge on any atom is 0.223 e. The Morgan fingerprint density at radius 3 is 2.94 bits per heavy atom. The highest BCUT2D eigenvalue weighted by Gasteiger charge is 2.28. The van der Waals surface area contributed by atoms with Crippen LogP contribution in [0.2, 0.25) is 0 Å². The number of carbonyl (C=O) groups is 1. The lowest BCUT2D eigenvalue weighted by molar-refractivity contribution is -0.126. The minimum absolute atomic E-state index is 0.106. The number of hydrogen-bond donors (Lipinski definition) is 2. The van der Waals surface area contributed by atoms with E-state index >= 15 is 0 Å². The van der Waals surface area contributed by atoms with Crippen LogP contribution < -0.4 is 10.6 Å². The molecule has 0 aromatic carbocycles. The molecular weight excluding hydrogens is 204 g/mol. The standard InChI is InChI=1S/C12H22N2O2/c1-3-4-6-16-7-5-14-12(15)10(2)11-8-13-9-11/h3,10-11,13H,1,4-9H2,2H3,(H,14,15). The molecule has 0 aliphatic carbocycles. The molecule has 1 fully saturated rings. The van der Waals surface area contributed by atoms with Crippen LogP contribution in [0.25, 0.3) is 0 Å². The Morgan fingerprint density at radius 1 is 1.62 bits per heavy atom. The van der Waals surface area contributed by atoms with E-state index in [4.69, 9.17) is 4.74 Å². The van der Waals surface area contributed by atoms with Crippen molar-refractivity contribution < 1.29 is 9.53 Å². The highest BCUT2D eigenvalue weighted by atomic mass is 16.5. The van der Waals surface area contributed by atoms with Gasteiger partial charge in [0.25, 0.3) is 0 Å². The van der Waals surface area contributed by atoms with Crippen LogP contribution in [0.4, 0.5) is 0 Å². The second-order valence-corrected chi connectivity index (χ2v) is 4.19. The van der Waals surface area contributed by atoms with E-state index in [0.29, 0.717) is 25.7 Å². The molecule has 1 amide bonds. The first kappa shape index (κ1) is 13.2. The van der Waals surface area contributed by atoms with Crippen LogP contribution in [0, 0.1) is 11.8 Å². The molecule has 0 spiro atoms. The Kier molecular flexibility index (Phi) is 6.11. The van der Waals surface area contributed by atoms with E-state index in [1.54, 1.807) is 0 Å². The van der Waals surface area contributed by atoms with Gasteiger partial charge in [-0.15, -0.1) is 6.58 Å². The van der Waals surface area contributed by atoms with Gasteiger partial charge in [0.1, 0.15) is 0 Å². The third-order valence-electron chi connectivity index (χ3n) is 2.95. The van der Waals surface area contributed by atoms with Crippen LogP contribution in [0.3, 0.4) is 0 Å². The van der Waals surface area contributed by atoms with Gasteiger partial charge >= 0.3 is 0 Å². The van der Waals surface area contributed by atoms with Gasteiger partial charge in [0.15, 0.2) is 0 Å². The van der Waals surface area contributed by atoms with Crippen molar-refractivity contribution in [3.05, 3.63) is 12.7 Å². The number of hydrogen-bond acceptors (Lipinski definition) is 3. The minimum Gasteiger partial charge on any atom is -0.379 e. The van der Waals surface area contributed by atoms with Crippen LogP contribution in [0.15, 0.2) is 12.7 Å². The van der Waals surface area contributed by atoms with Crippen molar-refractivity contribution in [1.29, 1.82) is 0 Å². The maximum absolute atomic E-state index is 11.7. The zero-order chi connectivity index (χ0) is 11.8. The Hall–Kier alpha value is -0.870. The molecule has 0 aromatic heterocycles. The molecule has 0 radical (unpaired) electrons. The molecule has 1 saturated heterocycles. The molecule has 0 bridgehead atoms. The number of carbonyl (C=O) groups excluding carboxylic acids is 1. The zero-order valence-corrected chi connectivity index (χ0v) is 10.00. The third kappa shape index (κ3) is 4.33. The highest BCUT2D eigenvalue weighted by Crippen LogP contribution is 2.15. The summed E-state index contributed by atoms with van der Waals surface area (Å²) in [5.41, 5.74) is 0. The van der Waals surface area contributed by atoms with Crippen molar-refractivity contribution in [2.75, 3.05) is 32.8 Å². The second kappa shape index (κ2) is 7.41. The number of rotatable bonds is 8. The molecule has 1 aliphatic rings. The summed E-state index contributed by atoms with van der Waals surface area (Å²) in [6.07, 6.45) is 2.68. The van der Waals surface area contributed by atoms with Crippen LogP contribution in [0.1, 0.15) is 13.3 Å².